The monoisotopic (exact) mass is 529 g/mol. The molecule has 39 heavy (non-hydrogen) atoms. The molecule has 0 unspecified atom stereocenters. The highest BCUT2D eigenvalue weighted by atomic mass is 16.5. The number of benzene rings is 3. The maximum absolute atomic E-state index is 12.5. The maximum Gasteiger partial charge on any atom is 0.343 e. The van der Waals surface area contributed by atoms with Gasteiger partial charge in [-0.2, -0.15) is 5.26 Å². The van der Waals surface area contributed by atoms with Gasteiger partial charge in [0.1, 0.15) is 23.3 Å². The molecule has 0 aliphatic heterocycles. The number of hydrogen-bond acceptors (Lipinski definition) is 8. The Hall–Kier alpha value is -4.64. The number of nitriles is 1. The Morgan fingerprint density at radius 2 is 1.23 bits per heavy atom. The minimum absolute atomic E-state index is 0.00467. The molecule has 0 saturated carbocycles. The van der Waals surface area contributed by atoms with E-state index >= 15 is 0 Å². The van der Waals surface area contributed by atoms with Gasteiger partial charge in [0.25, 0.3) is 0 Å². The SMILES string of the molecule is CCCCCCCCOc1ccc(C(=O)Oc2ccc(C(=O)Oc3ccc(C#N)c(OC(C)=O)c3)cc2)cc1. The van der Waals surface area contributed by atoms with Crippen LogP contribution in [0.2, 0.25) is 0 Å². The minimum Gasteiger partial charge on any atom is -0.494 e. The van der Waals surface area contributed by atoms with E-state index in [9.17, 15) is 14.4 Å². The molecule has 0 bridgehead atoms. The molecule has 3 aromatic carbocycles. The summed E-state index contributed by atoms with van der Waals surface area (Å²) in [5.74, 6) is -0.764. The first-order valence-electron chi connectivity index (χ1n) is 12.9. The zero-order valence-corrected chi connectivity index (χ0v) is 22.1. The molecule has 3 aromatic rings. The van der Waals surface area contributed by atoms with E-state index in [0.29, 0.717) is 17.9 Å². The van der Waals surface area contributed by atoms with Crippen molar-refractivity contribution >= 4 is 17.9 Å². The quantitative estimate of drug-likeness (QED) is 0.137. The topological polar surface area (TPSA) is 112 Å². The second kappa shape index (κ2) is 14.9. The molecule has 8 heteroatoms. The molecule has 0 heterocycles. The van der Waals surface area contributed by atoms with Gasteiger partial charge in [-0.05, 0) is 67.1 Å². The maximum atomic E-state index is 12.5. The number of rotatable bonds is 13. The van der Waals surface area contributed by atoms with Crippen LogP contribution in [-0.4, -0.2) is 24.5 Å². The molecule has 8 nitrogen and oxygen atoms in total. The first-order valence-corrected chi connectivity index (χ1v) is 12.9. The van der Waals surface area contributed by atoms with Crippen molar-refractivity contribution in [3.8, 4) is 29.1 Å². The van der Waals surface area contributed by atoms with Crippen LogP contribution in [0.1, 0.15) is 78.7 Å². The van der Waals surface area contributed by atoms with Gasteiger partial charge in [0.2, 0.25) is 0 Å². The number of carbonyl (C=O) groups excluding carboxylic acids is 3. The highest BCUT2D eigenvalue weighted by molar-refractivity contribution is 5.92. The Morgan fingerprint density at radius 1 is 0.692 bits per heavy atom. The molecule has 0 aliphatic carbocycles. The second-order valence-corrected chi connectivity index (χ2v) is 8.81. The van der Waals surface area contributed by atoms with Crippen LogP contribution in [0.4, 0.5) is 0 Å². The van der Waals surface area contributed by atoms with E-state index in [1.807, 2.05) is 6.07 Å². The van der Waals surface area contributed by atoms with E-state index < -0.39 is 17.9 Å². The number of carbonyl (C=O) groups is 3. The molecule has 0 N–H and O–H groups in total. The largest absolute Gasteiger partial charge is 0.494 e. The summed E-state index contributed by atoms with van der Waals surface area (Å²) in [6.07, 6.45) is 7.13. The summed E-state index contributed by atoms with van der Waals surface area (Å²) >= 11 is 0. The molecule has 3 rings (SSSR count). The van der Waals surface area contributed by atoms with Gasteiger partial charge in [-0.15, -0.1) is 0 Å². The van der Waals surface area contributed by atoms with Crippen LogP contribution in [0.25, 0.3) is 0 Å². The van der Waals surface area contributed by atoms with E-state index in [2.05, 4.69) is 6.92 Å². The van der Waals surface area contributed by atoms with Crippen LogP contribution in [0.5, 0.6) is 23.0 Å². The molecule has 0 saturated heterocycles. The fraction of sp³-hybridized carbons (Fsp3) is 0.290. The van der Waals surface area contributed by atoms with Gasteiger partial charge in [0, 0.05) is 13.0 Å². The van der Waals surface area contributed by atoms with Gasteiger partial charge in [-0.1, -0.05) is 39.0 Å². The normalized spacial score (nSPS) is 10.3. The molecule has 0 atom stereocenters. The Kier molecular flexibility index (Phi) is 11.1. The predicted molar refractivity (Wildman–Crippen MR) is 144 cm³/mol. The van der Waals surface area contributed by atoms with Crippen molar-refractivity contribution in [3.63, 3.8) is 0 Å². The fourth-order valence-corrected chi connectivity index (χ4v) is 3.65. The molecule has 0 aliphatic rings. The van der Waals surface area contributed by atoms with Crippen LogP contribution in [0.3, 0.4) is 0 Å². The zero-order valence-electron chi connectivity index (χ0n) is 22.1. The predicted octanol–water partition coefficient (Wildman–Crippen LogP) is 6.66. The minimum atomic E-state index is -0.678. The molecule has 0 amide bonds. The van der Waals surface area contributed by atoms with Gasteiger partial charge < -0.3 is 18.9 Å². The lowest BCUT2D eigenvalue weighted by atomic mass is 10.1. The number of ether oxygens (including phenoxy) is 4. The summed E-state index contributed by atoms with van der Waals surface area (Å²) in [6.45, 7) is 4.04. The first kappa shape index (κ1) is 28.9. The molecule has 0 aromatic heterocycles. The smallest absolute Gasteiger partial charge is 0.343 e. The highest BCUT2D eigenvalue weighted by Crippen LogP contribution is 2.26. The van der Waals surface area contributed by atoms with Crippen LogP contribution in [0, 0.1) is 11.3 Å². The third kappa shape index (κ3) is 9.31. The van der Waals surface area contributed by atoms with E-state index in [4.69, 9.17) is 24.2 Å². The molecule has 0 spiro atoms. The van der Waals surface area contributed by atoms with Gasteiger partial charge >= 0.3 is 17.9 Å². The summed E-state index contributed by atoms with van der Waals surface area (Å²) in [5.41, 5.74) is 0.710. The van der Waals surface area contributed by atoms with Crippen molar-refractivity contribution in [2.45, 2.75) is 52.4 Å². The molecule has 202 valence electrons. The third-order valence-electron chi connectivity index (χ3n) is 5.69. The summed E-state index contributed by atoms with van der Waals surface area (Å²) in [7, 11) is 0. The van der Waals surface area contributed by atoms with Gasteiger partial charge in [0.05, 0.1) is 23.3 Å². The Labute approximate surface area is 228 Å². The average Bonchev–Trinajstić information content (AvgIpc) is 2.93. The fourth-order valence-electron chi connectivity index (χ4n) is 3.65. The number of nitrogens with zero attached hydrogens (tertiary/aromatic N) is 1. The molecule has 0 radical (unpaired) electrons. The lowest BCUT2D eigenvalue weighted by Crippen LogP contribution is -2.10. The first-order chi connectivity index (χ1) is 18.9. The van der Waals surface area contributed by atoms with Crippen LogP contribution < -0.4 is 18.9 Å². The summed E-state index contributed by atoms with van der Waals surface area (Å²) < 4.78 is 21.5. The number of unbranched alkanes of at least 4 members (excludes halogenated alkanes) is 5. The second-order valence-electron chi connectivity index (χ2n) is 8.81. The van der Waals surface area contributed by atoms with E-state index in [1.165, 1.54) is 75.1 Å². The molecule has 0 fully saturated rings. The van der Waals surface area contributed by atoms with Crippen molar-refractivity contribution in [3.05, 3.63) is 83.4 Å². The Morgan fingerprint density at radius 3 is 1.82 bits per heavy atom. The lowest BCUT2D eigenvalue weighted by molar-refractivity contribution is -0.131. The van der Waals surface area contributed by atoms with E-state index in [1.54, 1.807) is 24.3 Å². The van der Waals surface area contributed by atoms with Crippen molar-refractivity contribution < 1.29 is 33.3 Å². The van der Waals surface area contributed by atoms with Crippen molar-refractivity contribution in [2.24, 2.45) is 0 Å². The Balaban J connectivity index is 1.50. The van der Waals surface area contributed by atoms with Gasteiger partial charge in [-0.3, -0.25) is 4.79 Å². The van der Waals surface area contributed by atoms with Crippen LogP contribution >= 0.6 is 0 Å². The van der Waals surface area contributed by atoms with Crippen molar-refractivity contribution in [1.82, 2.24) is 0 Å². The number of esters is 3. The van der Waals surface area contributed by atoms with Crippen LogP contribution in [-0.2, 0) is 4.79 Å². The summed E-state index contributed by atoms with van der Waals surface area (Å²) in [4.78, 5) is 36.3. The van der Waals surface area contributed by atoms with Gasteiger partial charge in [-0.25, -0.2) is 9.59 Å². The highest BCUT2D eigenvalue weighted by Gasteiger charge is 2.14. The third-order valence-corrected chi connectivity index (χ3v) is 5.69. The van der Waals surface area contributed by atoms with Crippen molar-refractivity contribution in [2.75, 3.05) is 6.61 Å². The van der Waals surface area contributed by atoms with Gasteiger partial charge in [0.15, 0.2) is 5.75 Å². The van der Waals surface area contributed by atoms with Crippen LogP contribution in [0.15, 0.2) is 66.7 Å². The molecular weight excluding hydrogens is 498 g/mol. The zero-order chi connectivity index (χ0) is 28.0. The Bertz CT molecular complexity index is 1310. The lowest BCUT2D eigenvalue weighted by Gasteiger charge is -2.09. The van der Waals surface area contributed by atoms with E-state index in [0.717, 1.165) is 12.8 Å². The standard InChI is InChI=1S/C31H31NO7/c1-3-4-5-6-7-8-19-36-26-14-9-23(10-15-26)30(34)38-27-16-11-24(12-17-27)31(35)39-28-18-13-25(21-32)29(20-28)37-22(2)33/h9-18,20H,3-8,19H2,1-2H3. The van der Waals surface area contributed by atoms with E-state index in [-0.39, 0.29) is 28.4 Å². The van der Waals surface area contributed by atoms with Crippen molar-refractivity contribution in [1.29, 1.82) is 5.26 Å². The summed E-state index contributed by atoms with van der Waals surface area (Å²) in [6, 6.07) is 18.6. The summed E-state index contributed by atoms with van der Waals surface area (Å²) in [5, 5.41) is 9.13. The number of hydrogen-bond donors (Lipinski definition) is 0. The molecular formula is C31H31NO7. The average molecular weight is 530 g/mol.